The lowest BCUT2D eigenvalue weighted by Gasteiger charge is -2.41. The molecule has 4 heteroatoms. The van der Waals surface area contributed by atoms with E-state index in [9.17, 15) is 13.2 Å². The van der Waals surface area contributed by atoms with Crippen LogP contribution in [0.5, 0.6) is 0 Å². The molecule has 4 unspecified atom stereocenters. The van der Waals surface area contributed by atoms with Crippen molar-refractivity contribution in [3.8, 4) is 0 Å². The molecule has 0 aromatic heterocycles. The van der Waals surface area contributed by atoms with Gasteiger partial charge in [-0.1, -0.05) is 41.6 Å². The van der Waals surface area contributed by atoms with Crippen LogP contribution in [-0.2, 0) is 0 Å². The first-order chi connectivity index (χ1) is 10.1. The Labute approximate surface area is 132 Å². The van der Waals surface area contributed by atoms with Crippen LogP contribution in [0.4, 0.5) is 13.2 Å². The number of hydrogen-bond acceptors (Lipinski definition) is 0. The van der Waals surface area contributed by atoms with Crippen molar-refractivity contribution in [1.82, 2.24) is 0 Å². The molecule has 0 aliphatic heterocycles. The van der Waals surface area contributed by atoms with Crippen LogP contribution < -0.4 is 0 Å². The lowest BCUT2D eigenvalue weighted by Crippen LogP contribution is -2.29. The Morgan fingerprint density at radius 3 is 2.29 bits per heavy atom. The Balaban J connectivity index is 1.76. The summed E-state index contributed by atoms with van der Waals surface area (Å²) in [5.74, 6) is -0.880. The summed E-state index contributed by atoms with van der Waals surface area (Å²) in [4.78, 5) is -0.226. The van der Waals surface area contributed by atoms with Crippen molar-refractivity contribution in [1.29, 1.82) is 0 Å². The van der Waals surface area contributed by atoms with Crippen molar-refractivity contribution in [2.24, 2.45) is 17.8 Å². The molecule has 0 bridgehead atoms. The average molecular weight is 361 g/mol. The third-order valence-corrected chi connectivity index (χ3v) is 6.57. The van der Waals surface area contributed by atoms with Gasteiger partial charge in [0.15, 0.2) is 11.6 Å². The van der Waals surface area contributed by atoms with Crippen molar-refractivity contribution < 1.29 is 13.2 Å². The van der Waals surface area contributed by atoms with E-state index in [1.54, 1.807) is 0 Å². The summed E-state index contributed by atoms with van der Waals surface area (Å²) in [6.45, 7) is 0. The zero-order valence-corrected chi connectivity index (χ0v) is 13.5. The summed E-state index contributed by atoms with van der Waals surface area (Å²) in [5.41, 5.74) is 0.258. The maximum absolute atomic E-state index is 13.9. The molecule has 116 valence electrons. The molecule has 0 heterocycles. The van der Waals surface area contributed by atoms with Crippen molar-refractivity contribution in [3.63, 3.8) is 0 Å². The lowest BCUT2D eigenvalue weighted by molar-refractivity contribution is 0.128. The molecule has 0 amide bonds. The Kier molecular flexibility index (Phi) is 4.63. The Bertz CT molecular complexity index is 517. The summed E-state index contributed by atoms with van der Waals surface area (Å²) in [5, 5.41) is 0. The van der Waals surface area contributed by atoms with Crippen molar-refractivity contribution in [2.45, 2.75) is 49.8 Å². The van der Waals surface area contributed by atoms with E-state index in [0.717, 1.165) is 30.7 Å². The fraction of sp³-hybridized carbons (Fsp3) is 0.647. The van der Waals surface area contributed by atoms with E-state index in [1.165, 1.54) is 32.1 Å². The van der Waals surface area contributed by atoms with E-state index in [0.29, 0.717) is 12.0 Å². The standard InChI is InChI=1S/C17H20BrF3/c18-17(13-8-15(20)16(21)9-14(13)19)12-6-5-10-3-1-2-4-11(10)7-12/h8-12,17H,1-7H2. The fourth-order valence-corrected chi connectivity index (χ4v) is 5.01. The molecule has 4 atom stereocenters. The van der Waals surface area contributed by atoms with Gasteiger partial charge in [0.25, 0.3) is 0 Å². The highest BCUT2D eigenvalue weighted by Gasteiger charge is 2.36. The summed E-state index contributed by atoms with van der Waals surface area (Å²) in [7, 11) is 0. The molecule has 21 heavy (non-hydrogen) atoms. The van der Waals surface area contributed by atoms with Crippen LogP contribution in [0.2, 0.25) is 0 Å². The van der Waals surface area contributed by atoms with Crippen LogP contribution in [0.15, 0.2) is 12.1 Å². The molecule has 0 nitrogen and oxygen atoms in total. The normalized spacial score (nSPS) is 30.8. The van der Waals surface area contributed by atoms with Crippen molar-refractivity contribution in [2.75, 3.05) is 0 Å². The molecule has 0 saturated heterocycles. The fourth-order valence-electron chi connectivity index (χ4n) is 4.18. The van der Waals surface area contributed by atoms with Gasteiger partial charge in [0.05, 0.1) is 0 Å². The van der Waals surface area contributed by atoms with E-state index in [1.807, 2.05) is 0 Å². The molecular weight excluding hydrogens is 341 g/mol. The first-order valence-corrected chi connectivity index (χ1v) is 8.76. The summed E-state index contributed by atoms with van der Waals surface area (Å²) in [6.07, 6.45) is 8.50. The monoisotopic (exact) mass is 360 g/mol. The maximum atomic E-state index is 13.9. The molecule has 2 aliphatic carbocycles. The molecule has 2 saturated carbocycles. The second-order valence-electron chi connectivity index (χ2n) is 6.57. The number of alkyl halides is 1. The van der Waals surface area contributed by atoms with Crippen LogP contribution in [-0.4, -0.2) is 0 Å². The van der Waals surface area contributed by atoms with E-state index >= 15 is 0 Å². The Morgan fingerprint density at radius 2 is 1.52 bits per heavy atom. The van der Waals surface area contributed by atoms with Gasteiger partial charge in [-0.2, -0.15) is 0 Å². The van der Waals surface area contributed by atoms with Crippen LogP contribution >= 0.6 is 15.9 Å². The highest BCUT2D eigenvalue weighted by molar-refractivity contribution is 9.09. The highest BCUT2D eigenvalue weighted by atomic mass is 79.9. The minimum absolute atomic E-state index is 0.226. The molecule has 3 rings (SSSR count). The second-order valence-corrected chi connectivity index (χ2v) is 7.55. The predicted molar refractivity (Wildman–Crippen MR) is 80.8 cm³/mol. The number of halogens is 4. The summed E-state index contributed by atoms with van der Waals surface area (Å²) < 4.78 is 40.4. The average Bonchev–Trinajstić information content (AvgIpc) is 2.50. The number of benzene rings is 1. The van der Waals surface area contributed by atoms with Crippen LogP contribution in [0.1, 0.15) is 55.3 Å². The molecule has 1 aromatic carbocycles. The smallest absolute Gasteiger partial charge is 0.161 e. The predicted octanol–water partition coefficient (Wildman–Crippen LogP) is 6.15. The first-order valence-electron chi connectivity index (χ1n) is 7.84. The van der Waals surface area contributed by atoms with Gasteiger partial charge in [-0.3, -0.25) is 0 Å². The van der Waals surface area contributed by atoms with Gasteiger partial charge >= 0.3 is 0 Å². The van der Waals surface area contributed by atoms with Crippen LogP contribution in [0, 0.1) is 35.2 Å². The van der Waals surface area contributed by atoms with Crippen LogP contribution in [0.3, 0.4) is 0 Å². The molecular formula is C17H20BrF3. The molecule has 2 fully saturated rings. The summed E-state index contributed by atoms with van der Waals surface area (Å²) >= 11 is 3.54. The van der Waals surface area contributed by atoms with E-state index in [-0.39, 0.29) is 10.4 Å². The third kappa shape index (κ3) is 3.15. The van der Waals surface area contributed by atoms with E-state index < -0.39 is 17.5 Å². The topological polar surface area (TPSA) is 0 Å². The molecule has 0 spiro atoms. The second kappa shape index (κ2) is 6.31. The van der Waals surface area contributed by atoms with Gasteiger partial charge in [0, 0.05) is 16.5 Å². The molecule has 0 N–H and O–H groups in total. The molecule has 1 aromatic rings. The first kappa shape index (κ1) is 15.4. The summed E-state index contributed by atoms with van der Waals surface area (Å²) in [6, 6.07) is 1.67. The zero-order valence-electron chi connectivity index (χ0n) is 11.9. The van der Waals surface area contributed by atoms with E-state index in [2.05, 4.69) is 15.9 Å². The van der Waals surface area contributed by atoms with Gasteiger partial charge in [0.2, 0.25) is 0 Å². The lowest BCUT2D eigenvalue weighted by atomic mass is 9.66. The quantitative estimate of drug-likeness (QED) is 0.438. The van der Waals surface area contributed by atoms with Crippen molar-refractivity contribution >= 4 is 15.9 Å². The van der Waals surface area contributed by atoms with Crippen LogP contribution in [0.25, 0.3) is 0 Å². The zero-order chi connectivity index (χ0) is 15.0. The number of fused-ring (bicyclic) bond motifs is 1. The molecule has 0 radical (unpaired) electrons. The van der Waals surface area contributed by atoms with Gasteiger partial charge in [-0.25, -0.2) is 13.2 Å². The minimum Gasteiger partial charge on any atom is -0.207 e. The third-order valence-electron chi connectivity index (χ3n) is 5.33. The minimum atomic E-state index is -1.12. The van der Waals surface area contributed by atoms with Gasteiger partial charge in [0.1, 0.15) is 5.82 Å². The number of hydrogen-bond donors (Lipinski definition) is 0. The van der Waals surface area contributed by atoms with Gasteiger partial charge < -0.3 is 0 Å². The maximum Gasteiger partial charge on any atom is 0.161 e. The molecule has 2 aliphatic rings. The van der Waals surface area contributed by atoms with Crippen molar-refractivity contribution in [3.05, 3.63) is 35.1 Å². The Hall–Kier alpha value is -0.510. The highest BCUT2D eigenvalue weighted by Crippen LogP contribution is 2.48. The van der Waals surface area contributed by atoms with E-state index in [4.69, 9.17) is 0 Å². The van der Waals surface area contributed by atoms with Gasteiger partial charge in [-0.15, -0.1) is 0 Å². The largest absolute Gasteiger partial charge is 0.207 e. The Morgan fingerprint density at radius 1 is 0.857 bits per heavy atom. The SMILES string of the molecule is Fc1cc(F)c(C(Br)C2CCC3CCCCC3C2)cc1F. The van der Waals surface area contributed by atoms with Gasteiger partial charge in [-0.05, 0) is 43.1 Å². The number of rotatable bonds is 2.